The van der Waals surface area contributed by atoms with Crippen LogP contribution in [0.25, 0.3) is 11.3 Å². The Kier molecular flexibility index (Phi) is 4.15. The first-order valence-electron chi connectivity index (χ1n) is 9.01. The van der Waals surface area contributed by atoms with Gasteiger partial charge in [0.15, 0.2) is 0 Å². The van der Waals surface area contributed by atoms with Crippen molar-refractivity contribution < 1.29 is 4.79 Å². The molecule has 1 aromatic carbocycles. The molecule has 2 bridgehead atoms. The molecule has 4 nitrogen and oxygen atoms in total. The van der Waals surface area contributed by atoms with E-state index >= 15 is 0 Å². The molecule has 0 radical (unpaired) electrons. The lowest BCUT2D eigenvalue weighted by atomic mass is 9.67. The van der Waals surface area contributed by atoms with Crippen LogP contribution in [0.5, 0.6) is 0 Å². The second-order valence-electron chi connectivity index (χ2n) is 7.33. The van der Waals surface area contributed by atoms with Crippen LogP contribution >= 0.6 is 0 Å². The normalized spacial score (nSPS) is 29.2. The third-order valence-corrected chi connectivity index (χ3v) is 5.69. The maximum absolute atomic E-state index is 12.7. The van der Waals surface area contributed by atoms with Crippen LogP contribution in [0.2, 0.25) is 0 Å². The Morgan fingerprint density at radius 3 is 2.46 bits per heavy atom. The number of hydrogen-bond donors (Lipinski definition) is 3. The maximum Gasteiger partial charge on any atom is 0.267 e. The van der Waals surface area contributed by atoms with E-state index in [-0.39, 0.29) is 11.9 Å². The minimum absolute atomic E-state index is 0.00884. The summed E-state index contributed by atoms with van der Waals surface area (Å²) in [5, 5.41) is 3.30. The van der Waals surface area contributed by atoms with Gasteiger partial charge in [-0.2, -0.15) is 0 Å². The second-order valence-corrected chi connectivity index (χ2v) is 7.33. The first-order chi connectivity index (χ1) is 11.7. The standard InChI is InChI=1S/C20H25N3O/c21-16-11-14-7-4-8-15(12-16)19(14)23-20(24)18-10-9-17(22-18)13-5-2-1-3-6-13/h1-3,5-6,9-10,14-16,19,22H,4,7-8,11-12,21H2,(H,23,24). The smallest absolute Gasteiger partial charge is 0.267 e. The number of aromatic amines is 1. The Morgan fingerprint density at radius 1 is 1.04 bits per heavy atom. The van der Waals surface area contributed by atoms with Gasteiger partial charge in [0.25, 0.3) is 5.91 Å². The van der Waals surface area contributed by atoms with E-state index < -0.39 is 0 Å². The van der Waals surface area contributed by atoms with E-state index in [9.17, 15) is 4.79 Å². The molecule has 1 aromatic heterocycles. The van der Waals surface area contributed by atoms with Gasteiger partial charge in [-0.25, -0.2) is 0 Å². The van der Waals surface area contributed by atoms with Crippen LogP contribution in [-0.4, -0.2) is 23.0 Å². The summed E-state index contributed by atoms with van der Waals surface area (Å²) in [7, 11) is 0. The predicted octanol–water partition coefficient (Wildman–Crippen LogP) is 3.32. The van der Waals surface area contributed by atoms with E-state index in [1.165, 1.54) is 19.3 Å². The summed E-state index contributed by atoms with van der Waals surface area (Å²) in [5.41, 5.74) is 8.89. The first-order valence-corrected chi connectivity index (χ1v) is 9.01. The summed E-state index contributed by atoms with van der Waals surface area (Å²) < 4.78 is 0. The number of rotatable bonds is 3. The zero-order valence-electron chi connectivity index (χ0n) is 13.9. The largest absolute Gasteiger partial charge is 0.351 e. The third-order valence-electron chi connectivity index (χ3n) is 5.69. The number of carbonyl (C=O) groups excluding carboxylic acids is 1. The molecule has 4 rings (SSSR count). The van der Waals surface area contributed by atoms with E-state index in [1.807, 2.05) is 42.5 Å². The summed E-state index contributed by atoms with van der Waals surface area (Å²) in [6.45, 7) is 0. The molecule has 2 unspecified atom stereocenters. The quantitative estimate of drug-likeness (QED) is 0.811. The minimum atomic E-state index is 0.00884. The zero-order chi connectivity index (χ0) is 16.5. The third kappa shape index (κ3) is 2.98. The van der Waals surface area contributed by atoms with Crippen LogP contribution in [-0.2, 0) is 0 Å². The Morgan fingerprint density at radius 2 is 1.75 bits per heavy atom. The topological polar surface area (TPSA) is 70.9 Å². The maximum atomic E-state index is 12.7. The van der Waals surface area contributed by atoms with E-state index in [0.717, 1.165) is 24.1 Å². The van der Waals surface area contributed by atoms with Crippen LogP contribution in [0.1, 0.15) is 42.6 Å². The number of carbonyl (C=O) groups is 1. The number of amides is 1. The van der Waals surface area contributed by atoms with Gasteiger partial charge in [0, 0.05) is 17.8 Å². The van der Waals surface area contributed by atoms with Crippen LogP contribution in [0.3, 0.4) is 0 Å². The molecule has 126 valence electrons. The van der Waals surface area contributed by atoms with Gasteiger partial charge < -0.3 is 16.0 Å². The van der Waals surface area contributed by atoms with Gasteiger partial charge in [0.1, 0.15) is 5.69 Å². The molecule has 2 atom stereocenters. The number of H-pyrrole nitrogens is 1. The number of fused-ring (bicyclic) bond motifs is 2. The van der Waals surface area contributed by atoms with E-state index in [0.29, 0.717) is 23.6 Å². The van der Waals surface area contributed by atoms with Crippen molar-refractivity contribution in [3.63, 3.8) is 0 Å². The van der Waals surface area contributed by atoms with Crippen LogP contribution in [0.15, 0.2) is 42.5 Å². The number of nitrogens with one attached hydrogen (secondary N) is 2. The lowest BCUT2D eigenvalue weighted by Gasteiger charge is -2.45. The summed E-state index contributed by atoms with van der Waals surface area (Å²) in [6.07, 6.45) is 5.74. The van der Waals surface area contributed by atoms with E-state index in [2.05, 4.69) is 10.3 Å². The first kappa shape index (κ1) is 15.5. The van der Waals surface area contributed by atoms with Crippen LogP contribution in [0, 0.1) is 11.8 Å². The molecule has 24 heavy (non-hydrogen) atoms. The monoisotopic (exact) mass is 323 g/mol. The highest BCUT2D eigenvalue weighted by atomic mass is 16.1. The van der Waals surface area contributed by atoms with Crippen LogP contribution in [0.4, 0.5) is 0 Å². The van der Waals surface area contributed by atoms with Crippen LogP contribution < -0.4 is 11.1 Å². The summed E-state index contributed by atoms with van der Waals surface area (Å²) in [6, 6.07) is 14.5. The summed E-state index contributed by atoms with van der Waals surface area (Å²) in [4.78, 5) is 16.0. The molecule has 2 saturated carbocycles. The van der Waals surface area contributed by atoms with Crippen molar-refractivity contribution in [1.82, 2.24) is 10.3 Å². The molecule has 0 aliphatic heterocycles. The van der Waals surface area contributed by atoms with Gasteiger partial charge >= 0.3 is 0 Å². The molecule has 1 amide bonds. The molecule has 4 heteroatoms. The minimum Gasteiger partial charge on any atom is -0.351 e. The van der Waals surface area contributed by atoms with Crippen molar-refractivity contribution in [2.75, 3.05) is 0 Å². The van der Waals surface area contributed by atoms with Crippen molar-refractivity contribution in [3.8, 4) is 11.3 Å². The number of hydrogen-bond acceptors (Lipinski definition) is 2. The van der Waals surface area contributed by atoms with Crippen molar-refractivity contribution in [1.29, 1.82) is 0 Å². The molecular formula is C20H25N3O. The molecule has 1 heterocycles. The molecule has 2 aromatic rings. The molecule has 0 spiro atoms. The van der Waals surface area contributed by atoms with Crippen molar-refractivity contribution in [2.24, 2.45) is 17.6 Å². The molecule has 2 aliphatic rings. The van der Waals surface area contributed by atoms with E-state index in [4.69, 9.17) is 5.73 Å². The highest BCUT2D eigenvalue weighted by Crippen LogP contribution is 2.39. The predicted molar refractivity (Wildman–Crippen MR) is 95.5 cm³/mol. The molecule has 2 fully saturated rings. The average molecular weight is 323 g/mol. The van der Waals surface area contributed by atoms with Gasteiger partial charge in [-0.3, -0.25) is 4.79 Å². The molecule has 4 N–H and O–H groups in total. The lowest BCUT2D eigenvalue weighted by Crippen LogP contribution is -2.53. The van der Waals surface area contributed by atoms with Gasteiger partial charge in [0.05, 0.1) is 0 Å². The summed E-state index contributed by atoms with van der Waals surface area (Å²) >= 11 is 0. The average Bonchev–Trinajstić information content (AvgIpc) is 3.07. The molecular weight excluding hydrogens is 298 g/mol. The Bertz CT molecular complexity index is 695. The van der Waals surface area contributed by atoms with Gasteiger partial charge in [-0.05, 0) is 55.2 Å². The van der Waals surface area contributed by atoms with Gasteiger partial charge in [0.2, 0.25) is 0 Å². The van der Waals surface area contributed by atoms with Gasteiger partial charge in [-0.15, -0.1) is 0 Å². The summed E-state index contributed by atoms with van der Waals surface area (Å²) in [5.74, 6) is 1.09. The Balaban J connectivity index is 1.48. The Labute approximate surface area is 142 Å². The number of benzene rings is 1. The van der Waals surface area contributed by atoms with E-state index in [1.54, 1.807) is 0 Å². The number of nitrogens with two attached hydrogens (primary N) is 1. The Hall–Kier alpha value is -2.07. The fourth-order valence-corrected chi connectivity index (χ4v) is 4.57. The van der Waals surface area contributed by atoms with Crippen molar-refractivity contribution in [2.45, 2.75) is 44.2 Å². The molecule has 2 aliphatic carbocycles. The highest BCUT2D eigenvalue weighted by molar-refractivity contribution is 5.93. The van der Waals surface area contributed by atoms with Gasteiger partial charge in [-0.1, -0.05) is 36.8 Å². The number of aromatic nitrogens is 1. The SMILES string of the molecule is NC1CC2CCCC(C1)C2NC(=O)c1ccc(-c2ccccc2)[nH]1. The molecule has 0 saturated heterocycles. The van der Waals surface area contributed by atoms with Crippen molar-refractivity contribution >= 4 is 5.91 Å². The fourth-order valence-electron chi connectivity index (χ4n) is 4.57. The van der Waals surface area contributed by atoms with Crippen molar-refractivity contribution in [3.05, 3.63) is 48.2 Å². The lowest BCUT2D eigenvalue weighted by molar-refractivity contribution is 0.0752. The highest BCUT2D eigenvalue weighted by Gasteiger charge is 2.40. The second kappa shape index (κ2) is 6.44. The fraction of sp³-hybridized carbons (Fsp3) is 0.450. The zero-order valence-corrected chi connectivity index (χ0v) is 13.9.